The van der Waals surface area contributed by atoms with Crippen LogP contribution in [0.5, 0.6) is 0 Å². The van der Waals surface area contributed by atoms with Crippen LogP contribution in [0.1, 0.15) is 79.1 Å². The molecule has 0 spiro atoms. The van der Waals surface area contributed by atoms with Crippen LogP contribution in [-0.4, -0.2) is 0 Å². The first kappa shape index (κ1) is 18.3. The van der Waals surface area contributed by atoms with Crippen LogP contribution >= 0.6 is 0 Å². The van der Waals surface area contributed by atoms with Gasteiger partial charge in [-0.3, -0.25) is 0 Å². The van der Waals surface area contributed by atoms with E-state index in [9.17, 15) is 0 Å². The Balaban J connectivity index is 3.72. The van der Waals surface area contributed by atoms with Crippen molar-refractivity contribution in [1.29, 1.82) is 0 Å². The number of ether oxygens (including phenoxy) is 1. The van der Waals surface area contributed by atoms with Gasteiger partial charge in [0.15, 0.2) is 0 Å². The molecule has 0 rings (SSSR count). The Bertz CT molecular complexity index is 228. The predicted molar refractivity (Wildman–Crippen MR) is 86.0 cm³/mol. The van der Waals surface area contributed by atoms with Crippen molar-refractivity contribution in [2.24, 2.45) is 11.8 Å². The largest absolute Gasteiger partial charge is 0.467 e. The first-order valence-corrected chi connectivity index (χ1v) is 8.02. The summed E-state index contributed by atoms with van der Waals surface area (Å²) < 4.78 is 5.72. The van der Waals surface area contributed by atoms with Gasteiger partial charge < -0.3 is 4.74 Å². The van der Waals surface area contributed by atoms with Gasteiger partial charge >= 0.3 is 0 Å². The monoisotopic (exact) mass is 266 g/mol. The molecule has 1 nitrogen and oxygen atoms in total. The molecule has 1 heteroatoms. The number of allylic oxidation sites excluding steroid dienone is 2. The zero-order chi connectivity index (χ0) is 14.7. The molecule has 0 aliphatic carbocycles. The van der Waals surface area contributed by atoms with Crippen molar-refractivity contribution in [2.75, 3.05) is 0 Å². The highest BCUT2D eigenvalue weighted by Crippen LogP contribution is 2.21. The summed E-state index contributed by atoms with van der Waals surface area (Å²) in [6.45, 7) is 17.1. The van der Waals surface area contributed by atoms with E-state index in [1.54, 1.807) is 0 Å². The van der Waals surface area contributed by atoms with Crippen LogP contribution in [-0.2, 0) is 4.74 Å². The molecule has 0 saturated carbocycles. The SMILES string of the molecule is C=C(CCC(C)CCC)OC(=C)CCC(C)CCC. The third-order valence-electron chi connectivity index (χ3n) is 3.68. The van der Waals surface area contributed by atoms with Crippen molar-refractivity contribution in [1.82, 2.24) is 0 Å². The fourth-order valence-electron chi connectivity index (χ4n) is 2.40. The summed E-state index contributed by atoms with van der Waals surface area (Å²) >= 11 is 0. The molecule has 0 fully saturated rings. The predicted octanol–water partition coefficient (Wildman–Crippen LogP) is 6.46. The molecule has 112 valence electrons. The summed E-state index contributed by atoms with van der Waals surface area (Å²) in [6, 6.07) is 0. The molecule has 19 heavy (non-hydrogen) atoms. The molecule has 0 bridgehead atoms. The summed E-state index contributed by atoms with van der Waals surface area (Å²) in [5, 5.41) is 0. The van der Waals surface area contributed by atoms with Crippen molar-refractivity contribution in [3.05, 3.63) is 24.7 Å². The van der Waals surface area contributed by atoms with Gasteiger partial charge in [0.05, 0.1) is 11.5 Å². The van der Waals surface area contributed by atoms with Gasteiger partial charge in [0, 0.05) is 12.8 Å². The van der Waals surface area contributed by atoms with E-state index in [2.05, 4.69) is 40.9 Å². The van der Waals surface area contributed by atoms with E-state index in [0.717, 1.165) is 36.2 Å². The number of hydrogen-bond donors (Lipinski definition) is 0. The topological polar surface area (TPSA) is 9.23 Å². The first-order chi connectivity index (χ1) is 8.99. The van der Waals surface area contributed by atoms with Crippen LogP contribution in [0.4, 0.5) is 0 Å². The molecule has 0 aromatic carbocycles. The molecular formula is C18H34O. The lowest BCUT2D eigenvalue weighted by atomic mass is 9.99. The lowest BCUT2D eigenvalue weighted by Gasteiger charge is -2.15. The standard InChI is InChI=1S/C18H34O/c1-7-9-15(3)11-13-17(5)19-18(6)14-12-16(4)10-8-2/h15-16H,5-14H2,1-4H3. The van der Waals surface area contributed by atoms with E-state index in [1.807, 2.05) is 0 Å². The second-order valence-electron chi connectivity index (χ2n) is 6.04. The molecule has 0 aromatic heterocycles. The van der Waals surface area contributed by atoms with Crippen LogP contribution < -0.4 is 0 Å². The maximum Gasteiger partial charge on any atom is 0.0964 e. The van der Waals surface area contributed by atoms with E-state index in [0.29, 0.717) is 0 Å². The van der Waals surface area contributed by atoms with Gasteiger partial charge in [-0.2, -0.15) is 0 Å². The maximum absolute atomic E-state index is 5.72. The van der Waals surface area contributed by atoms with Crippen molar-refractivity contribution >= 4 is 0 Å². The van der Waals surface area contributed by atoms with Gasteiger partial charge in [-0.05, 0) is 24.7 Å². The molecule has 0 aliphatic heterocycles. The summed E-state index contributed by atoms with van der Waals surface area (Å²) in [5.74, 6) is 3.30. The van der Waals surface area contributed by atoms with Crippen molar-refractivity contribution < 1.29 is 4.74 Å². The molecule has 0 N–H and O–H groups in total. The molecule has 2 unspecified atom stereocenters. The average Bonchev–Trinajstić information content (AvgIpc) is 2.35. The van der Waals surface area contributed by atoms with Gasteiger partial charge in [-0.15, -0.1) is 0 Å². The Labute approximate surface area is 121 Å². The molecule has 0 saturated heterocycles. The highest BCUT2D eigenvalue weighted by molar-refractivity contribution is 4.93. The second-order valence-corrected chi connectivity index (χ2v) is 6.04. The van der Waals surface area contributed by atoms with Gasteiger partial charge in [0.25, 0.3) is 0 Å². The minimum absolute atomic E-state index is 0.767. The van der Waals surface area contributed by atoms with Gasteiger partial charge in [0.1, 0.15) is 0 Å². The molecule has 0 radical (unpaired) electrons. The zero-order valence-electron chi connectivity index (χ0n) is 13.6. The Hall–Kier alpha value is -0.720. The van der Waals surface area contributed by atoms with Crippen molar-refractivity contribution in [2.45, 2.75) is 79.1 Å². The lowest BCUT2D eigenvalue weighted by molar-refractivity contribution is 0.263. The van der Waals surface area contributed by atoms with Crippen molar-refractivity contribution in [3.63, 3.8) is 0 Å². The van der Waals surface area contributed by atoms with Gasteiger partial charge in [0.2, 0.25) is 0 Å². The quantitative estimate of drug-likeness (QED) is 0.368. The lowest BCUT2D eigenvalue weighted by Crippen LogP contribution is -1.99. The minimum Gasteiger partial charge on any atom is -0.467 e. The molecule has 0 aliphatic rings. The van der Waals surface area contributed by atoms with E-state index in [1.165, 1.54) is 38.5 Å². The number of rotatable bonds is 12. The van der Waals surface area contributed by atoms with E-state index < -0.39 is 0 Å². The van der Waals surface area contributed by atoms with Crippen LogP contribution in [0.2, 0.25) is 0 Å². The highest BCUT2D eigenvalue weighted by atomic mass is 16.5. The minimum atomic E-state index is 0.767. The zero-order valence-corrected chi connectivity index (χ0v) is 13.6. The Morgan fingerprint density at radius 2 is 1.16 bits per heavy atom. The Morgan fingerprint density at radius 1 is 0.789 bits per heavy atom. The molecule has 0 aromatic rings. The summed E-state index contributed by atoms with van der Waals surface area (Å²) in [4.78, 5) is 0. The third kappa shape index (κ3) is 10.9. The summed E-state index contributed by atoms with van der Waals surface area (Å²) in [7, 11) is 0. The molecule has 2 atom stereocenters. The number of hydrogen-bond acceptors (Lipinski definition) is 1. The van der Waals surface area contributed by atoms with Crippen LogP contribution in [0, 0.1) is 11.8 Å². The molecule has 0 heterocycles. The first-order valence-electron chi connectivity index (χ1n) is 8.02. The van der Waals surface area contributed by atoms with Gasteiger partial charge in [-0.25, -0.2) is 0 Å². The fraction of sp³-hybridized carbons (Fsp3) is 0.778. The molecular weight excluding hydrogens is 232 g/mol. The van der Waals surface area contributed by atoms with E-state index in [-0.39, 0.29) is 0 Å². The summed E-state index contributed by atoms with van der Waals surface area (Å²) in [6.07, 6.45) is 9.38. The molecule has 0 amide bonds. The Morgan fingerprint density at radius 3 is 1.47 bits per heavy atom. The normalized spacial score (nSPS) is 13.9. The summed E-state index contributed by atoms with van der Waals surface area (Å²) in [5.41, 5.74) is 0. The van der Waals surface area contributed by atoms with E-state index in [4.69, 9.17) is 4.74 Å². The maximum atomic E-state index is 5.72. The van der Waals surface area contributed by atoms with Crippen LogP contribution in [0.15, 0.2) is 24.7 Å². The second kappa shape index (κ2) is 11.1. The van der Waals surface area contributed by atoms with Gasteiger partial charge in [-0.1, -0.05) is 66.5 Å². The highest BCUT2D eigenvalue weighted by Gasteiger charge is 2.06. The fourth-order valence-corrected chi connectivity index (χ4v) is 2.40. The van der Waals surface area contributed by atoms with Crippen molar-refractivity contribution in [3.8, 4) is 0 Å². The average molecular weight is 266 g/mol. The van der Waals surface area contributed by atoms with Crippen LogP contribution in [0.25, 0.3) is 0 Å². The Kier molecular flexibility index (Phi) is 10.7. The van der Waals surface area contributed by atoms with E-state index >= 15 is 0 Å². The smallest absolute Gasteiger partial charge is 0.0964 e. The van der Waals surface area contributed by atoms with Crippen LogP contribution in [0.3, 0.4) is 0 Å². The third-order valence-corrected chi connectivity index (χ3v) is 3.68.